The number of hydrogen-bond donors (Lipinski definition) is 3. The van der Waals surface area contributed by atoms with Gasteiger partial charge in [0.25, 0.3) is 10.0 Å². The maximum Gasteiger partial charge on any atom is 0.262 e. The smallest absolute Gasteiger partial charge is 0.262 e. The van der Waals surface area contributed by atoms with Gasteiger partial charge in [-0.15, -0.1) is 0 Å². The fraction of sp³-hybridized carbons (Fsp3) is 0.238. The Kier molecular flexibility index (Phi) is 5.10. The lowest BCUT2D eigenvalue weighted by atomic mass is 10.1. The number of aryl methyl sites for hydroxylation is 1. The van der Waals surface area contributed by atoms with Crippen LogP contribution in [0.2, 0.25) is 0 Å². The normalized spacial score (nSPS) is 14.0. The lowest BCUT2D eigenvalue weighted by molar-refractivity contribution is -0.115. The monoisotopic (exact) mass is 410 g/mol. The van der Waals surface area contributed by atoms with Crippen molar-refractivity contribution in [1.82, 2.24) is 9.71 Å². The van der Waals surface area contributed by atoms with Gasteiger partial charge in [0.1, 0.15) is 5.84 Å². The van der Waals surface area contributed by atoms with Gasteiger partial charge in [0.15, 0.2) is 0 Å². The average molecular weight is 410 g/mol. The molecule has 0 radical (unpaired) electrons. The zero-order valence-corrected chi connectivity index (χ0v) is 16.8. The molecular formula is C21H22N4O3S. The van der Waals surface area contributed by atoms with Crippen LogP contribution in [-0.2, 0) is 21.2 Å². The minimum absolute atomic E-state index is 0.0906. The van der Waals surface area contributed by atoms with Gasteiger partial charge in [-0.05, 0) is 48.7 Å². The quantitative estimate of drug-likeness (QED) is 0.602. The highest BCUT2D eigenvalue weighted by atomic mass is 32.2. The van der Waals surface area contributed by atoms with Gasteiger partial charge in [-0.1, -0.05) is 18.2 Å². The number of rotatable bonds is 5. The van der Waals surface area contributed by atoms with Crippen molar-refractivity contribution in [1.29, 1.82) is 0 Å². The summed E-state index contributed by atoms with van der Waals surface area (Å²) in [5, 5.41) is 3.84. The second kappa shape index (κ2) is 7.71. The number of hydrogen-bond acceptors (Lipinski definition) is 4. The number of nitrogens with one attached hydrogen (secondary N) is 3. The van der Waals surface area contributed by atoms with Gasteiger partial charge in [-0.2, -0.15) is 0 Å². The molecule has 150 valence electrons. The number of amides is 1. The second-order valence-electron chi connectivity index (χ2n) is 7.10. The van der Waals surface area contributed by atoms with Crippen LogP contribution in [0.25, 0.3) is 10.9 Å². The van der Waals surface area contributed by atoms with E-state index in [9.17, 15) is 13.2 Å². The topological polar surface area (TPSA) is 103 Å². The first-order valence-corrected chi connectivity index (χ1v) is 10.9. The van der Waals surface area contributed by atoms with Gasteiger partial charge in [0.05, 0.1) is 11.3 Å². The van der Waals surface area contributed by atoms with Crippen molar-refractivity contribution in [3.63, 3.8) is 0 Å². The first-order valence-electron chi connectivity index (χ1n) is 9.44. The largest absolute Gasteiger partial charge is 0.361 e. The summed E-state index contributed by atoms with van der Waals surface area (Å²) in [6.45, 7) is 2.65. The summed E-state index contributed by atoms with van der Waals surface area (Å²) >= 11 is 0. The minimum Gasteiger partial charge on any atom is -0.361 e. The molecule has 0 saturated heterocycles. The number of aromatic nitrogens is 1. The van der Waals surface area contributed by atoms with Crippen molar-refractivity contribution in [2.24, 2.45) is 4.99 Å². The highest BCUT2D eigenvalue weighted by Crippen LogP contribution is 2.23. The molecule has 2 aromatic carbocycles. The molecule has 1 aromatic heterocycles. The van der Waals surface area contributed by atoms with Crippen molar-refractivity contribution < 1.29 is 13.2 Å². The maximum absolute atomic E-state index is 12.6. The number of aromatic amines is 1. The van der Waals surface area contributed by atoms with E-state index in [1.165, 1.54) is 12.1 Å². The molecule has 0 spiro atoms. The van der Waals surface area contributed by atoms with E-state index >= 15 is 0 Å². The molecule has 7 nitrogen and oxygen atoms in total. The van der Waals surface area contributed by atoms with E-state index in [4.69, 9.17) is 0 Å². The fourth-order valence-corrected chi connectivity index (χ4v) is 4.68. The van der Waals surface area contributed by atoms with Crippen LogP contribution in [0.3, 0.4) is 0 Å². The Bertz CT molecular complexity index is 1210. The standard InChI is InChI=1S/C21H22N4O3S/c1-14-5-2-8-18-21(14)15(13-23-18)11-20(26)24-16-6-3-7-17(12-16)29(27,28)25-19-9-4-10-22-19/h2-3,5-8,12-13,23H,4,9-11H2,1H3,(H,22,25)(H,24,26). The Hall–Kier alpha value is -3.13. The summed E-state index contributed by atoms with van der Waals surface area (Å²) in [5.41, 5.74) is 3.42. The SMILES string of the molecule is Cc1cccc2[nH]cc(CC(=O)Nc3cccc(S(=O)(=O)NC4=NCCC4)c3)c12. The Morgan fingerprint density at radius 3 is 2.83 bits per heavy atom. The van der Waals surface area contributed by atoms with E-state index in [0.29, 0.717) is 24.5 Å². The number of fused-ring (bicyclic) bond motifs is 1. The number of nitrogens with zero attached hydrogens (tertiary/aromatic N) is 1. The van der Waals surface area contributed by atoms with Crippen molar-refractivity contribution in [3.05, 3.63) is 59.8 Å². The van der Waals surface area contributed by atoms with Gasteiger partial charge in [-0.3, -0.25) is 14.5 Å². The number of carbonyl (C=O) groups is 1. The van der Waals surface area contributed by atoms with Gasteiger partial charge in [0, 0.05) is 35.8 Å². The van der Waals surface area contributed by atoms with Gasteiger partial charge >= 0.3 is 0 Å². The van der Waals surface area contributed by atoms with Crippen LogP contribution in [0.1, 0.15) is 24.0 Å². The summed E-state index contributed by atoms with van der Waals surface area (Å²) in [6.07, 6.45) is 3.50. The molecule has 0 saturated carbocycles. The maximum atomic E-state index is 12.6. The molecule has 0 aliphatic carbocycles. The van der Waals surface area contributed by atoms with E-state index in [1.807, 2.05) is 31.3 Å². The third-order valence-corrected chi connectivity index (χ3v) is 6.28. The summed E-state index contributed by atoms with van der Waals surface area (Å²) in [7, 11) is -3.72. The minimum atomic E-state index is -3.72. The lowest BCUT2D eigenvalue weighted by Crippen LogP contribution is -2.29. The fourth-order valence-electron chi connectivity index (χ4n) is 3.55. The molecule has 0 unspecified atom stereocenters. The molecule has 1 amide bonds. The highest BCUT2D eigenvalue weighted by molar-refractivity contribution is 7.90. The van der Waals surface area contributed by atoms with Crippen molar-refractivity contribution in [2.45, 2.75) is 31.1 Å². The summed E-state index contributed by atoms with van der Waals surface area (Å²) < 4.78 is 27.6. The van der Waals surface area contributed by atoms with Crippen LogP contribution in [-0.4, -0.2) is 31.7 Å². The van der Waals surface area contributed by atoms with E-state index in [2.05, 4.69) is 20.0 Å². The summed E-state index contributed by atoms with van der Waals surface area (Å²) in [5.74, 6) is 0.269. The number of amidine groups is 1. The molecule has 8 heteroatoms. The van der Waals surface area contributed by atoms with Crippen LogP contribution in [0.5, 0.6) is 0 Å². The van der Waals surface area contributed by atoms with E-state index in [-0.39, 0.29) is 17.2 Å². The molecule has 1 aliphatic heterocycles. The Morgan fingerprint density at radius 1 is 1.21 bits per heavy atom. The van der Waals surface area contributed by atoms with E-state index in [0.717, 1.165) is 28.5 Å². The molecule has 0 fully saturated rings. The third kappa shape index (κ3) is 4.17. The first kappa shape index (κ1) is 19.2. The summed E-state index contributed by atoms with van der Waals surface area (Å²) in [4.78, 5) is 20.0. The molecule has 0 bridgehead atoms. The van der Waals surface area contributed by atoms with E-state index in [1.54, 1.807) is 12.1 Å². The van der Waals surface area contributed by atoms with Crippen LogP contribution in [0.15, 0.2) is 58.5 Å². The Morgan fingerprint density at radius 2 is 2.03 bits per heavy atom. The van der Waals surface area contributed by atoms with Gasteiger partial charge in [0.2, 0.25) is 5.91 Å². The zero-order valence-electron chi connectivity index (χ0n) is 16.0. The zero-order chi connectivity index (χ0) is 20.4. The van der Waals surface area contributed by atoms with E-state index < -0.39 is 10.0 Å². The highest BCUT2D eigenvalue weighted by Gasteiger charge is 2.19. The average Bonchev–Trinajstić information content (AvgIpc) is 3.32. The second-order valence-corrected chi connectivity index (χ2v) is 8.78. The molecule has 0 atom stereocenters. The predicted octanol–water partition coefficient (Wildman–Crippen LogP) is 3.13. The van der Waals surface area contributed by atoms with Crippen LogP contribution < -0.4 is 10.0 Å². The molecule has 3 aromatic rings. The number of benzene rings is 2. The van der Waals surface area contributed by atoms with Crippen LogP contribution in [0.4, 0.5) is 5.69 Å². The van der Waals surface area contributed by atoms with Crippen LogP contribution >= 0.6 is 0 Å². The van der Waals surface area contributed by atoms with Gasteiger partial charge < -0.3 is 10.3 Å². The van der Waals surface area contributed by atoms with Crippen molar-refractivity contribution >= 4 is 38.4 Å². The van der Waals surface area contributed by atoms with Crippen molar-refractivity contribution in [3.8, 4) is 0 Å². The summed E-state index contributed by atoms with van der Waals surface area (Å²) in [6, 6.07) is 12.2. The molecule has 2 heterocycles. The first-order chi connectivity index (χ1) is 13.9. The number of aliphatic imine (C=N–C) groups is 1. The van der Waals surface area contributed by atoms with Gasteiger partial charge in [-0.25, -0.2) is 8.42 Å². The number of sulfonamides is 1. The van der Waals surface area contributed by atoms with Crippen LogP contribution in [0, 0.1) is 6.92 Å². The Balaban J connectivity index is 1.49. The molecule has 1 aliphatic rings. The third-order valence-electron chi connectivity index (χ3n) is 4.90. The predicted molar refractivity (Wildman–Crippen MR) is 114 cm³/mol. The lowest BCUT2D eigenvalue weighted by Gasteiger charge is -2.10. The Labute approximate surface area is 169 Å². The van der Waals surface area contributed by atoms with Crippen molar-refractivity contribution in [2.75, 3.05) is 11.9 Å². The number of H-pyrrole nitrogens is 1. The number of anilines is 1. The molecule has 3 N–H and O–H groups in total. The molecular weight excluding hydrogens is 388 g/mol. The number of carbonyl (C=O) groups excluding carboxylic acids is 1. The molecule has 29 heavy (non-hydrogen) atoms. The molecule has 4 rings (SSSR count).